The minimum Gasteiger partial charge on any atom is -0.504 e. The number of carbonyl (C=O) groups excluding carboxylic acids is 1. The molecule has 0 atom stereocenters. The molecule has 132 valence electrons. The Bertz CT molecular complexity index is 954. The van der Waals surface area contributed by atoms with E-state index in [0.29, 0.717) is 21.9 Å². The van der Waals surface area contributed by atoms with Crippen LogP contribution in [-0.2, 0) is 0 Å². The number of phenols is 1. The summed E-state index contributed by atoms with van der Waals surface area (Å²) in [5.41, 5.74) is 3.56. The van der Waals surface area contributed by atoms with E-state index in [9.17, 15) is 9.90 Å². The smallest absolute Gasteiger partial charge is 0.329 e. The number of amides is 1. The van der Waals surface area contributed by atoms with Gasteiger partial charge in [-0.2, -0.15) is 10.1 Å². The maximum atomic E-state index is 12.0. The molecule has 0 unspecified atom stereocenters. The molecule has 3 aromatic rings. The van der Waals surface area contributed by atoms with E-state index in [1.54, 1.807) is 36.4 Å². The van der Waals surface area contributed by atoms with E-state index in [1.807, 2.05) is 0 Å². The molecule has 0 spiro atoms. The molecule has 9 heteroatoms. The lowest BCUT2D eigenvalue weighted by molar-refractivity contribution is 0.0911. The van der Waals surface area contributed by atoms with Gasteiger partial charge in [0.2, 0.25) is 5.82 Å². The monoisotopic (exact) mass is 372 g/mol. The summed E-state index contributed by atoms with van der Waals surface area (Å²) in [7, 11) is 1.44. The standard InChI is InChI=1S/C17H13ClN4O4/c1-25-14-8-10(2-7-13(14)23)9-19-21-16(24)17-20-15(22-26-17)11-3-5-12(18)6-4-11/h2-9,23H,1H3,(H,21,24)/b19-9+. The van der Waals surface area contributed by atoms with Crippen molar-refractivity contribution in [1.82, 2.24) is 15.6 Å². The van der Waals surface area contributed by atoms with Crippen molar-refractivity contribution >= 4 is 23.7 Å². The Morgan fingerprint density at radius 1 is 1.31 bits per heavy atom. The second kappa shape index (κ2) is 7.66. The zero-order valence-corrected chi connectivity index (χ0v) is 14.3. The number of benzene rings is 2. The summed E-state index contributed by atoms with van der Waals surface area (Å²) in [4.78, 5) is 16.0. The number of halogens is 1. The van der Waals surface area contributed by atoms with Gasteiger partial charge in [-0.25, -0.2) is 5.43 Å². The van der Waals surface area contributed by atoms with Crippen LogP contribution < -0.4 is 10.2 Å². The fourth-order valence-electron chi connectivity index (χ4n) is 2.02. The number of nitrogens with one attached hydrogen (secondary N) is 1. The first-order chi connectivity index (χ1) is 12.6. The average Bonchev–Trinajstić information content (AvgIpc) is 3.14. The molecule has 0 bridgehead atoms. The first-order valence-electron chi connectivity index (χ1n) is 7.37. The fraction of sp³-hybridized carbons (Fsp3) is 0.0588. The summed E-state index contributed by atoms with van der Waals surface area (Å²) in [5, 5.41) is 17.7. The van der Waals surface area contributed by atoms with Crippen LogP contribution in [0.3, 0.4) is 0 Å². The van der Waals surface area contributed by atoms with Gasteiger partial charge in [0.25, 0.3) is 0 Å². The highest BCUT2D eigenvalue weighted by Crippen LogP contribution is 2.25. The average molecular weight is 373 g/mol. The van der Waals surface area contributed by atoms with Crippen molar-refractivity contribution in [3.63, 3.8) is 0 Å². The Labute approximate surface area is 153 Å². The highest BCUT2D eigenvalue weighted by Gasteiger charge is 2.15. The van der Waals surface area contributed by atoms with E-state index >= 15 is 0 Å². The van der Waals surface area contributed by atoms with Gasteiger partial charge in [0.1, 0.15) is 0 Å². The number of ether oxygens (including phenoxy) is 1. The molecule has 3 rings (SSSR count). The number of phenolic OH excluding ortho intramolecular Hbond substituents is 1. The largest absolute Gasteiger partial charge is 0.504 e. The Kier molecular flexibility index (Phi) is 5.14. The van der Waals surface area contributed by atoms with E-state index in [0.717, 1.165) is 0 Å². The van der Waals surface area contributed by atoms with E-state index in [-0.39, 0.29) is 17.5 Å². The zero-order valence-electron chi connectivity index (χ0n) is 13.5. The Morgan fingerprint density at radius 2 is 2.08 bits per heavy atom. The first kappa shape index (κ1) is 17.4. The third-order valence-corrected chi connectivity index (χ3v) is 3.56. The van der Waals surface area contributed by atoms with Gasteiger partial charge < -0.3 is 14.4 Å². The highest BCUT2D eigenvalue weighted by molar-refractivity contribution is 6.30. The molecule has 0 aliphatic rings. The number of hydrazone groups is 1. The molecule has 0 aliphatic carbocycles. The van der Waals surface area contributed by atoms with Crippen molar-refractivity contribution in [3.05, 3.63) is 58.9 Å². The summed E-state index contributed by atoms with van der Waals surface area (Å²) >= 11 is 5.82. The Morgan fingerprint density at radius 3 is 2.81 bits per heavy atom. The molecule has 2 aromatic carbocycles. The van der Waals surface area contributed by atoms with E-state index in [2.05, 4.69) is 20.7 Å². The van der Waals surface area contributed by atoms with Crippen molar-refractivity contribution < 1.29 is 19.2 Å². The van der Waals surface area contributed by atoms with Crippen LogP contribution in [0.15, 0.2) is 52.1 Å². The van der Waals surface area contributed by atoms with Crippen molar-refractivity contribution in [3.8, 4) is 22.9 Å². The molecule has 26 heavy (non-hydrogen) atoms. The lowest BCUT2D eigenvalue weighted by atomic mass is 10.2. The minimum absolute atomic E-state index is 0.00859. The predicted molar refractivity (Wildman–Crippen MR) is 94.5 cm³/mol. The second-order valence-corrected chi connectivity index (χ2v) is 5.50. The first-order valence-corrected chi connectivity index (χ1v) is 7.74. The number of aromatic nitrogens is 2. The number of carbonyl (C=O) groups is 1. The molecule has 0 fully saturated rings. The van der Waals surface area contributed by atoms with Gasteiger partial charge in [-0.05, 0) is 48.0 Å². The van der Waals surface area contributed by atoms with E-state index in [1.165, 1.54) is 19.4 Å². The van der Waals surface area contributed by atoms with Crippen LogP contribution >= 0.6 is 11.6 Å². The summed E-state index contributed by atoms with van der Waals surface area (Å²) in [6, 6.07) is 11.4. The molecule has 0 saturated carbocycles. The molecule has 1 aromatic heterocycles. The zero-order chi connectivity index (χ0) is 18.5. The van der Waals surface area contributed by atoms with Crippen LogP contribution in [0.4, 0.5) is 0 Å². The van der Waals surface area contributed by atoms with Crippen LogP contribution in [0.2, 0.25) is 5.02 Å². The maximum Gasteiger partial charge on any atom is 0.329 e. The van der Waals surface area contributed by atoms with Crippen molar-refractivity contribution in [2.24, 2.45) is 5.10 Å². The SMILES string of the molecule is COc1cc(/C=N/NC(=O)c2nc(-c3ccc(Cl)cc3)no2)ccc1O. The third-order valence-electron chi connectivity index (χ3n) is 3.31. The van der Waals surface area contributed by atoms with Crippen LogP contribution in [0.5, 0.6) is 11.5 Å². The van der Waals surface area contributed by atoms with Gasteiger partial charge in [0.05, 0.1) is 13.3 Å². The predicted octanol–water partition coefficient (Wildman–Crippen LogP) is 2.87. The van der Waals surface area contributed by atoms with Crippen molar-refractivity contribution in [2.45, 2.75) is 0 Å². The lowest BCUT2D eigenvalue weighted by Gasteiger charge is -2.03. The van der Waals surface area contributed by atoms with E-state index in [4.69, 9.17) is 20.9 Å². The summed E-state index contributed by atoms with van der Waals surface area (Å²) in [6.45, 7) is 0. The number of aromatic hydroxyl groups is 1. The van der Waals surface area contributed by atoms with Gasteiger partial charge >= 0.3 is 11.8 Å². The van der Waals surface area contributed by atoms with Crippen LogP contribution in [0.1, 0.15) is 16.2 Å². The van der Waals surface area contributed by atoms with E-state index < -0.39 is 5.91 Å². The molecular weight excluding hydrogens is 360 g/mol. The van der Waals surface area contributed by atoms with Crippen molar-refractivity contribution in [1.29, 1.82) is 0 Å². The van der Waals surface area contributed by atoms with Crippen molar-refractivity contribution in [2.75, 3.05) is 7.11 Å². The number of hydrogen-bond donors (Lipinski definition) is 2. The summed E-state index contributed by atoms with van der Waals surface area (Å²) in [5.74, 6) is -0.312. The molecule has 0 aliphatic heterocycles. The molecule has 1 amide bonds. The summed E-state index contributed by atoms with van der Waals surface area (Å²) in [6.07, 6.45) is 1.39. The number of methoxy groups -OCH3 is 1. The molecule has 0 radical (unpaired) electrons. The van der Waals surface area contributed by atoms with Gasteiger partial charge in [-0.3, -0.25) is 4.79 Å². The Balaban J connectivity index is 1.66. The molecular formula is C17H13ClN4O4. The number of rotatable bonds is 5. The number of hydrogen-bond acceptors (Lipinski definition) is 7. The van der Waals surface area contributed by atoms with Crippen LogP contribution in [0, 0.1) is 0 Å². The van der Waals surface area contributed by atoms with Gasteiger partial charge in [-0.15, -0.1) is 0 Å². The molecule has 8 nitrogen and oxygen atoms in total. The normalized spacial score (nSPS) is 10.8. The Hall–Kier alpha value is -3.39. The second-order valence-electron chi connectivity index (χ2n) is 5.06. The van der Waals surface area contributed by atoms with Crippen LogP contribution in [0.25, 0.3) is 11.4 Å². The molecule has 1 heterocycles. The lowest BCUT2D eigenvalue weighted by Crippen LogP contribution is -2.18. The van der Waals surface area contributed by atoms with Gasteiger partial charge in [-0.1, -0.05) is 16.8 Å². The fourth-order valence-corrected chi connectivity index (χ4v) is 2.15. The number of nitrogens with zero attached hydrogens (tertiary/aromatic N) is 3. The third kappa shape index (κ3) is 3.98. The highest BCUT2D eigenvalue weighted by atomic mass is 35.5. The summed E-state index contributed by atoms with van der Waals surface area (Å²) < 4.78 is 9.93. The maximum absolute atomic E-state index is 12.0. The van der Waals surface area contributed by atoms with Crippen LogP contribution in [-0.4, -0.2) is 34.5 Å². The molecule has 2 N–H and O–H groups in total. The molecule has 0 saturated heterocycles. The topological polar surface area (TPSA) is 110 Å². The van der Waals surface area contributed by atoms with Gasteiger partial charge in [0.15, 0.2) is 11.5 Å². The van der Waals surface area contributed by atoms with Gasteiger partial charge in [0, 0.05) is 10.6 Å². The quantitative estimate of drug-likeness (QED) is 0.526. The minimum atomic E-state index is -0.653.